The van der Waals surface area contributed by atoms with Gasteiger partial charge in [-0.25, -0.2) is 8.42 Å². The zero-order chi connectivity index (χ0) is 21.2. The molecule has 5 nitrogen and oxygen atoms in total. The van der Waals surface area contributed by atoms with E-state index in [9.17, 15) is 13.2 Å². The number of nitrogens with one attached hydrogen (secondary N) is 1. The van der Waals surface area contributed by atoms with Crippen molar-refractivity contribution in [3.8, 4) is 0 Å². The van der Waals surface area contributed by atoms with Gasteiger partial charge in [-0.3, -0.25) is 4.79 Å². The molecule has 0 aromatic heterocycles. The first kappa shape index (κ1) is 21.5. The Labute approximate surface area is 174 Å². The van der Waals surface area contributed by atoms with Gasteiger partial charge in [-0.1, -0.05) is 37.0 Å². The van der Waals surface area contributed by atoms with Gasteiger partial charge in [0, 0.05) is 24.3 Å². The van der Waals surface area contributed by atoms with E-state index < -0.39 is 10.0 Å². The molecule has 1 amide bonds. The minimum Gasteiger partial charge on any atom is -0.322 e. The molecule has 1 N–H and O–H groups in total. The number of carbonyl (C=O) groups is 1. The standard InChI is InChI=1S/C23H30N2O3S/c1-16-14-17(2)22(18(3)15-16)24-23(26)19-10-12-21(13-11-19)29(27,28)25(4)20-8-6-5-7-9-20/h10-15,20H,5-9H2,1-4H3,(H,24,26). The molecule has 1 saturated carbocycles. The molecule has 1 fully saturated rings. The third-order valence-electron chi connectivity index (χ3n) is 5.80. The van der Waals surface area contributed by atoms with Gasteiger partial charge in [-0.15, -0.1) is 0 Å². The monoisotopic (exact) mass is 414 g/mol. The first-order valence-corrected chi connectivity index (χ1v) is 11.6. The van der Waals surface area contributed by atoms with Gasteiger partial charge in [0.1, 0.15) is 0 Å². The van der Waals surface area contributed by atoms with E-state index in [1.165, 1.54) is 22.9 Å². The lowest BCUT2D eigenvalue weighted by molar-refractivity contribution is 0.102. The Morgan fingerprint density at radius 3 is 2.07 bits per heavy atom. The van der Waals surface area contributed by atoms with Crippen molar-refractivity contribution in [2.75, 3.05) is 12.4 Å². The summed E-state index contributed by atoms with van der Waals surface area (Å²) in [5.41, 5.74) is 4.39. The molecular formula is C23H30N2O3S. The molecule has 0 bridgehead atoms. The molecule has 29 heavy (non-hydrogen) atoms. The van der Waals surface area contributed by atoms with E-state index in [4.69, 9.17) is 0 Å². The lowest BCUT2D eigenvalue weighted by Crippen LogP contribution is -2.38. The maximum atomic E-state index is 13.0. The number of sulfonamides is 1. The number of hydrogen-bond donors (Lipinski definition) is 1. The SMILES string of the molecule is Cc1cc(C)c(NC(=O)c2ccc(S(=O)(=O)N(C)C3CCCCC3)cc2)c(C)c1. The third kappa shape index (κ3) is 4.70. The molecule has 0 aliphatic heterocycles. The van der Waals surface area contributed by atoms with Crippen LogP contribution in [0.5, 0.6) is 0 Å². The van der Waals surface area contributed by atoms with Crippen molar-refractivity contribution < 1.29 is 13.2 Å². The molecule has 156 valence electrons. The summed E-state index contributed by atoms with van der Waals surface area (Å²) in [6, 6.07) is 10.3. The number of anilines is 1. The van der Waals surface area contributed by atoms with Gasteiger partial charge in [0.15, 0.2) is 0 Å². The van der Waals surface area contributed by atoms with Crippen LogP contribution in [0, 0.1) is 20.8 Å². The minimum atomic E-state index is -3.56. The minimum absolute atomic E-state index is 0.0595. The second kappa shape index (κ2) is 8.67. The molecule has 0 spiro atoms. The molecule has 3 rings (SSSR count). The molecule has 0 atom stereocenters. The second-order valence-corrected chi connectivity index (χ2v) is 10.1. The van der Waals surface area contributed by atoms with Gasteiger partial charge in [0.25, 0.3) is 5.91 Å². The highest BCUT2D eigenvalue weighted by Crippen LogP contribution is 2.27. The summed E-state index contributed by atoms with van der Waals surface area (Å²) >= 11 is 0. The van der Waals surface area contributed by atoms with Crippen molar-refractivity contribution in [2.45, 2.75) is 63.8 Å². The molecular weight excluding hydrogens is 384 g/mol. The van der Waals surface area contributed by atoms with E-state index in [1.807, 2.05) is 32.9 Å². The predicted octanol–water partition coefficient (Wildman–Crippen LogP) is 4.82. The first-order valence-electron chi connectivity index (χ1n) is 10.2. The lowest BCUT2D eigenvalue weighted by Gasteiger charge is -2.30. The average Bonchev–Trinajstić information content (AvgIpc) is 2.70. The second-order valence-electron chi connectivity index (χ2n) is 8.07. The summed E-state index contributed by atoms with van der Waals surface area (Å²) in [7, 11) is -1.89. The number of benzene rings is 2. The molecule has 0 radical (unpaired) electrons. The van der Waals surface area contributed by atoms with Crippen LogP contribution in [0.15, 0.2) is 41.3 Å². The summed E-state index contributed by atoms with van der Waals surface area (Å²) in [6.45, 7) is 5.95. The van der Waals surface area contributed by atoms with Gasteiger partial charge in [0.2, 0.25) is 10.0 Å². The quantitative estimate of drug-likeness (QED) is 0.763. The Bertz CT molecular complexity index is 968. The fourth-order valence-corrected chi connectivity index (χ4v) is 5.56. The fraction of sp³-hybridized carbons (Fsp3) is 0.435. The van der Waals surface area contributed by atoms with Crippen LogP contribution in [0.1, 0.15) is 59.2 Å². The van der Waals surface area contributed by atoms with E-state index in [-0.39, 0.29) is 16.8 Å². The zero-order valence-electron chi connectivity index (χ0n) is 17.7. The Morgan fingerprint density at radius 2 is 1.52 bits per heavy atom. The number of amides is 1. The summed E-state index contributed by atoms with van der Waals surface area (Å²) < 4.78 is 27.4. The Hall–Kier alpha value is -2.18. The Balaban J connectivity index is 1.76. The van der Waals surface area contributed by atoms with Crippen LogP contribution in [-0.2, 0) is 10.0 Å². The van der Waals surface area contributed by atoms with Crippen LogP contribution >= 0.6 is 0 Å². The van der Waals surface area contributed by atoms with Crippen molar-refractivity contribution in [2.24, 2.45) is 0 Å². The molecule has 0 heterocycles. The molecule has 0 saturated heterocycles. The maximum Gasteiger partial charge on any atom is 0.255 e. The highest BCUT2D eigenvalue weighted by Gasteiger charge is 2.29. The van der Waals surface area contributed by atoms with Gasteiger partial charge in [0.05, 0.1) is 4.90 Å². The van der Waals surface area contributed by atoms with E-state index in [0.717, 1.165) is 48.1 Å². The van der Waals surface area contributed by atoms with E-state index >= 15 is 0 Å². The first-order chi connectivity index (χ1) is 13.7. The molecule has 1 aliphatic carbocycles. The van der Waals surface area contributed by atoms with Crippen LogP contribution in [0.3, 0.4) is 0 Å². The van der Waals surface area contributed by atoms with E-state index in [0.29, 0.717) is 5.56 Å². The smallest absolute Gasteiger partial charge is 0.255 e. The third-order valence-corrected chi connectivity index (χ3v) is 7.72. The Kier molecular flexibility index (Phi) is 6.44. The zero-order valence-corrected chi connectivity index (χ0v) is 18.5. The molecule has 6 heteroatoms. The van der Waals surface area contributed by atoms with Crippen LogP contribution < -0.4 is 5.32 Å². The molecule has 2 aromatic carbocycles. The topological polar surface area (TPSA) is 66.5 Å². The van der Waals surface area contributed by atoms with E-state index in [2.05, 4.69) is 5.32 Å². The highest BCUT2D eigenvalue weighted by atomic mass is 32.2. The normalized spacial score (nSPS) is 15.5. The van der Waals surface area contributed by atoms with Crippen molar-refractivity contribution in [1.29, 1.82) is 0 Å². The summed E-state index contributed by atoms with van der Waals surface area (Å²) in [6.07, 6.45) is 5.13. The lowest BCUT2D eigenvalue weighted by atomic mass is 9.96. The summed E-state index contributed by atoms with van der Waals surface area (Å²) in [5, 5.41) is 2.96. The predicted molar refractivity (Wildman–Crippen MR) is 117 cm³/mol. The number of nitrogens with zero attached hydrogens (tertiary/aromatic N) is 1. The van der Waals surface area contributed by atoms with Crippen molar-refractivity contribution in [1.82, 2.24) is 4.31 Å². The van der Waals surface area contributed by atoms with Gasteiger partial charge < -0.3 is 5.32 Å². The van der Waals surface area contributed by atoms with Gasteiger partial charge in [-0.05, 0) is 69.0 Å². The Morgan fingerprint density at radius 1 is 0.966 bits per heavy atom. The van der Waals surface area contributed by atoms with Crippen LogP contribution in [0.25, 0.3) is 0 Å². The maximum absolute atomic E-state index is 13.0. The number of rotatable bonds is 5. The summed E-state index contributed by atoms with van der Waals surface area (Å²) in [5.74, 6) is -0.246. The molecule has 1 aliphatic rings. The number of aryl methyl sites for hydroxylation is 3. The van der Waals surface area contributed by atoms with E-state index in [1.54, 1.807) is 19.2 Å². The van der Waals surface area contributed by atoms with Crippen LogP contribution in [-0.4, -0.2) is 31.7 Å². The van der Waals surface area contributed by atoms with Crippen molar-refractivity contribution in [3.05, 3.63) is 58.7 Å². The van der Waals surface area contributed by atoms with Crippen molar-refractivity contribution >= 4 is 21.6 Å². The fourth-order valence-electron chi connectivity index (χ4n) is 4.15. The molecule has 2 aromatic rings. The molecule has 0 unspecified atom stereocenters. The largest absolute Gasteiger partial charge is 0.322 e. The summed E-state index contributed by atoms with van der Waals surface area (Å²) in [4.78, 5) is 12.9. The number of carbonyl (C=O) groups excluding carboxylic acids is 1. The average molecular weight is 415 g/mol. The van der Waals surface area contributed by atoms with Crippen LogP contribution in [0.4, 0.5) is 5.69 Å². The highest BCUT2D eigenvalue weighted by molar-refractivity contribution is 7.89. The van der Waals surface area contributed by atoms with Gasteiger partial charge >= 0.3 is 0 Å². The number of hydrogen-bond acceptors (Lipinski definition) is 3. The van der Waals surface area contributed by atoms with Crippen LogP contribution in [0.2, 0.25) is 0 Å². The van der Waals surface area contributed by atoms with Crippen molar-refractivity contribution in [3.63, 3.8) is 0 Å². The van der Waals surface area contributed by atoms with Gasteiger partial charge in [-0.2, -0.15) is 4.31 Å².